The maximum absolute atomic E-state index is 13.1. The quantitative estimate of drug-likeness (QED) is 0.234. The average Bonchev–Trinajstić information content (AvgIpc) is 2.87. The third kappa shape index (κ3) is 5.97. The molecule has 0 spiro atoms. The Morgan fingerprint density at radius 3 is 2.43 bits per heavy atom. The Hall–Kier alpha value is -4.19. The number of benzene rings is 3. The molecule has 2 N–H and O–H groups in total. The van der Waals surface area contributed by atoms with E-state index in [0.29, 0.717) is 32.0 Å². The summed E-state index contributed by atoms with van der Waals surface area (Å²) in [5.74, 6) is -1.25. The number of amides is 5. The Kier molecular flexibility index (Phi) is 7.87. The number of methoxy groups -OCH3 is 1. The van der Waals surface area contributed by atoms with Gasteiger partial charge in [0.05, 0.1) is 16.4 Å². The van der Waals surface area contributed by atoms with Crippen LogP contribution in [0.4, 0.5) is 16.2 Å². The van der Waals surface area contributed by atoms with Crippen molar-refractivity contribution in [3.05, 3.63) is 87.0 Å². The molecule has 3 aromatic rings. The second-order valence-electron chi connectivity index (χ2n) is 8.03. The first-order valence-electron chi connectivity index (χ1n) is 11.1. The van der Waals surface area contributed by atoms with Crippen LogP contribution in [-0.2, 0) is 14.4 Å². The number of barbiturate groups is 1. The zero-order valence-corrected chi connectivity index (χ0v) is 22.1. The zero-order chi connectivity index (χ0) is 26.5. The minimum atomic E-state index is -0.819. The lowest BCUT2D eigenvalue weighted by molar-refractivity contribution is -0.122. The molecule has 0 atom stereocenters. The van der Waals surface area contributed by atoms with Crippen molar-refractivity contribution in [2.24, 2.45) is 0 Å². The molecule has 188 valence electrons. The summed E-state index contributed by atoms with van der Waals surface area (Å²) in [6.07, 6.45) is 1.38. The number of urea groups is 1. The molecule has 1 fully saturated rings. The lowest BCUT2D eigenvalue weighted by atomic mass is 10.1. The van der Waals surface area contributed by atoms with Gasteiger partial charge in [0.25, 0.3) is 17.7 Å². The van der Waals surface area contributed by atoms with Crippen LogP contribution in [0.3, 0.4) is 0 Å². The molecule has 0 aromatic heterocycles. The molecule has 10 heteroatoms. The average molecular weight is 611 g/mol. The number of rotatable bonds is 7. The first-order chi connectivity index (χ1) is 17.8. The topological polar surface area (TPSA) is 114 Å². The Labute approximate surface area is 226 Å². The fourth-order valence-corrected chi connectivity index (χ4v) is 4.35. The number of nitrogens with one attached hydrogen (secondary N) is 2. The number of carbonyl (C=O) groups excluding carboxylic acids is 4. The van der Waals surface area contributed by atoms with E-state index in [9.17, 15) is 19.2 Å². The van der Waals surface area contributed by atoms with Crippen molar-refractivity contribution in [3.63, 3.8) is 0 Å². The van der Waals surface area contributed by atoms with E-state index in [1.54, 1.807) is 48.5 Å². The van der Waals surface area contributed by atoms with Gasteiger partial charge in [-0.2, -0.15) is 0 Å². The van der Waals surface area contributed by atoms with Crippen molar-refractivity contribution in [3.8, 4) is 11.5 Å². The molecule has 5 amide bonds. The molecule has 0 radical (unpaired) electrons. The van der Waals surface area contributed by atoms with Gasteiger partial charge >= 0.3 is 6.03 Å². The molecule has 1 aliphatic rings. The van der Waals surface area contributed by atoms with E-state index in [1.165, 1.54) is 13.2 Å². The molecule has 37 heavy (non-hydrogen) atoms. The second-order valence-corrected chi connectivity index (χ2v) is 9.19. The number of aryl methyl sites for hydroxylation is 1. The number of ether oxygens (including phenoxy) is 2. The predicted molar refractivity (Wildman–Crippen MR) is 146 cm³/mol. The maximum Gasteiger partial charge on any atom is 0.335 e. The van der Waals surface area contributed by atoms with Crippen molar-refractivity contribution in [1.82, 2.24) is 5.32 Å². The first-order valence-corrected chi connectivity index (χ1v) is 12.2. The number of halogens is 1. The highest BCUT2D eigenvalue weighted by Gasteiger charge is 2.36. The van der Waals surface area contributed by atoms with E-state index >= 15 is 0 Å². The number of carbonyl (C=O) groups is 4. The van der Waals surface area contributed by atoms with E-state index in [1.807, 2.05) is 47.7 Å². The number of imide groups is 2. The lowest BCUT2D eigenvalue weighted by Crippen LogP contribution is -2.54. The normalized spacial score (nSPS) is 14.4. The van der Waals surface area contributed by atoms with Crippen molar-refractivity contribution in [2.75, 3.05) is 23.9 Å². The molecule has 9 nitrogen and oxygen atoms in total. The lowest BCUT2D eigenvalue weighted by Gasteiger charge is -2.26. The highest BCUT2D eigenvalue weighted by Crippen LogP contribution is 2.35. The fraction of sp³-hybridized carbons (Fsp3) is 0.111. The monoisotopic (exact) mass is 611 g/mol. The van der Waals surface area contributed by atoms with Crippen LogP contribution in [0.5, 0.6) is 11.5 Å². The Morgan fingerprint density at radius 2 is 1.76 bits per heavy atom. The maximum atomic E-state index is 13.1. The van der Waals surface area contributed by atoms with Gasteiger partial charge in [0.1, 0.15) is 5.57 Å². The third-order valence-electron chi connectivity index (χ3n) is 5.36. The second kappa shape index (κ2) is 11.2. The SMILES string of the molecule is COc1cc(/C=C2\C(=O)NC(=O)N(c3ccc(C)cc3)C2=O)cc(I)c1OCC(=O)Nc1ccccc1. The van der Waals surface area contributed by atoms with Crippen LogP contribution < -0.4 is 25.0 Å². The Morgan fingerprint density at radius 1 is 1.05 bits per heavy atom. The summed E-state index contributed by atoms with van der Waals surface area (Å²) in [6.45, 7) is 1.63. The van der Waals surface area contributed by atoms with Crippen LogP contribution in [0, 0.1) is 10.5 Å². The summed E-state index contributed by atoms with van der Waals surface area (Å²) in [5, 5.41) is 4.94. The van der Waals surface area contributed by atoms with Gasteiger partial charge in [-0.15, -0.1) is 0 Å². The van der Waals surface area contributed by atoms with Gasteiger partial charge in [0.2, 0.25) is 0 Å². The number of para-hydroxylation sites is 1. The van der Waals surface area contributed by atoms with Crippen LogP contribution >= 0.6 is 22.6 Å². The molecular formula is C27H22IN3O6. The van der Waals surface area contributed by atoms with Crippen molar-refractivity contribution in [1.29, 1.82) is 0 Å². The molecule has 1 aliphatic heterocycles. The highest BCUT2D eigenvalue weighted by atomic mass is 127. The van der Waals surface area contributed by atoms with Gasteiger partial charge in [-0.3, -0.25) is 19.7 Å². The molecule has 0 unspecified atom stereocenters. The molecule has 3 aromatic carbocycles. The zero-order valence-electron chi connectivity index (χ0n) is 19.9. The van der Waals surface area contributed by atoms with Crippen molar-refractivity contribution >= 4 is 63.8 Å². The van der Waals surface area contributed by atoms with Crippen LogP contribution in [0.1, 0.15) is 11.1 Å². The summed E-state index contributed by atoms with van der Waals surface area (Å²) in [7, 11) is 1.44. The van der Waals surface area contributed by atoms with Gasteiger partial charge in [0, 0.05) is 5.69 Å². The molecule has 1 heterocycles. The number of nitrogens with zero attached hydrogens (tertiary/aromatic N) is 1. The van der Waals surface area contributed by atoms with Gasteiger partial charge in [-0.1, -0.05) is 35.9 Å². The van der Waals surface area contributed by atoms with Gasteiger partial charge in [-0.05, 0) is 77.6 Å². The van der Waals surface area contributed by atoms with E-state index < -0.39 is 17.8 Å². The van der Waals surface area contributed by atoms with E-state index in [2.05, 4.69) is 10.6 Å². The van der Waals surface area contributed by atoms with Crippen LogP contribution in [0.15, 0.2) is 72.3 Å². The number of anilines is 2. The van der Waals surface area contributed by atoms with E-state index in [-0.39, 0.29) is 18.1 Å². The molecule has 0 aliphatic carbocycles. The summed E-state index contributed by atoms with van der Waals surface area (Å²) >= 11 is 2.01. The van der Waals surface area contributed by atoms with Crippen LogP contribution in [0.25, 0.3) is 6.08 Å². The predicted octanol–water partition coefficient (Wildman–Crippen LogP) is 4.29. The molecular weight excluding hydrogens is 589 g/mol. The van der Waals surface area contributed by atoms with Gasteiger partial charge in [-0.25, -0.2) is 9.69 Å². The molecule has 0 bridgehead atoms. The molecule has 0 saturated carbocycles. The summed E-state index contributed by atoms with van der Waals surface area (Å²) in [4.78, 5) is 51.3. The summed E-state index contributed by atoms with van der Waals surface area (Å²) in [6, 6.07) is 18.2. The van der Waals surface area contributed by atoms with E-state index in [4.69, 9.17) is 9.47 Å². The highest BCUT2D eigenvalue weighted by molar-refractivity contribution is 14.1. The Balaban J connectivity index is 1.56. The standard InChI is InChI=1S/C27H22IN3O6/c1-16-8-10-19(11-9-16)31-26(34)20(25(33)30-27(31)35)12-17-13-21(28)24(22(14-17)36-2)37-15-23(32)29-18-6-4-3-5-7-18/h3-14H,15H2,1-2H3,(H,29,32)(H,30,33,35)/b20-12+. The molecule has 4 rings (SSSR count). The first kappa shape index (κ1) is 25.9. The Bertz CT molecular complexity index is 1400. The summed E-state index contributed by atoms with van der Waals surface area (Å²) in [5.41, 5.74) is 2.21. The van der Waals surface area contributed by atoms with Gasteiger partial charge < -0.3 is 14.8 Å². The minimum Gasteiger partial charge on any atom is -0.493 e. The van der Waals surface area contributed by atoms with Gasteiger partial charge in [0.15, 0.2) is 18.1 Å². The van der Waals surface area contributed by atoms with E-state index in [0.717, 1.165) is 10.5 Å². The minimum absolute atomic E-state index is 0.214. The number of hydrogen-bond donors (Lipinski definition) is 2. The van der Waals surface area contributed by atoms with Crippen LogP contribution in [0.2, 0.25) is 0 Å². The largest absolute Gasteiger partial charge is 0.493 e. The smallest absolute Gasteiger partial charge is 0.335 e. The van der Waals surface area contributed by atoms with Crippen LogP contribution in [-0.4, -0.2) is 37.5 Å². The fourth-order valence-electron chi connectivity index (χ4n) is 3.57. The number of hydrogen-bond acceptors (Lipinski definition) is 6. The third-order valence-corrected chi connectivity index (χ3v) is 6.16. The molecule has 1 saturated heterocycles. The van der Waals surface area contributed by atoms with Crippen molar-refractivity contribution in [2.45, 2.75) is 6.92 Å². The summed E-state index contributed by atoms with van der Waals surface area (Å²) < 4.78 is 11.7. The van der Waals surface area contributed by atoms with Crippen molar-refractivity contribution < 1.29 is 28.7 Å².